The summed E-state index contributed by atoms with van der Waals surface area (Å²) < 4.78 is 1.55. The molecule has 1 aromatic heterocycles. The van der Waals surface area contributed by atoms with E-state index in [1.165, 1.54) is 18.2 Å². The zero-order valence-corrected chi connectivity index (χ0v) is 13.9. The minimum atomic E-state index is -0.514. The van der Waals surface area contributed by atoms with Gasteiger partial charge in [-0.25, -0.2) is 0 Å². The van der Waals surface area contributed by atoms with Crippen LogP contribution in [0.3, 0.4) is 0 Å². The normalized spacial score (nSPS) is 10.4. The van der Waals surface area contributed by atoms with Gasteiger partial charge in [-0.3, -0.25) is 19.6 Å². The first-order chi connectivity index (χ1) is 11.9. The molecule has 10 heteroatoms. The highest BCUT2D eigenvalue weighted by Crippen LogP contribution is 2.26. The van der Waals surface area contributed by atoms with Gasteiger partial charge in [0.1, 0.15) is 5.82 Å². The molecule has 0 unspecified atom stereocenters. The summed E-state index contributed by atoms with van der Waals surface area (Å²) in [5.74, 6) is 0.240. The van der Waals surface area contributed by atoms with Gasteiger partial charge in [-0.1, -0.05) is 0 Å². The van der Waals surface area contributed by atoms with Gasteiger partial charge in [-0.2, -0.15) is 5.10 Å². The number of non-ortho nitro benzene ring substituents is 1. The first-order valence-corrected chi connectivity index (χ1v) is 7.58. The van der Waals surface area contributed by atoms with Gasteiger partial charge in [0, 0.05) is 31.8 Å². The molecule has 25 heavy (non-hydrogen) atoms. The largest absolute Gasteiger partial charge is 0.395 e. The summed E-state index contributed by atoms with van der Waals surface area (Å²) in [5, 5.41) is 32.5. The maximum Gasteiger partial charge on any atom is 0.271 e. The van der Waals surface area contributed by atoms with Crippen LogP contribution in [0.5, 0.6) is 0 Å². The molecule has 10 nitrogen and oxygen atoms in total. The monoisotopic (exact) mass is 348 g/mol. The maximum absolute atomic E-state index is 12.1. The Morgan fingerprint density at radius 3 is 2.68 bits per heavy atom. The summed E-state index contributed by atoms with van der Waals surface area (Å²) in [6, 6.07) is 5.95. The second kappa shape index (κ2) is 8.11. The van der Waals surface area contributed by atoms with Crippen molar-refractivity contribution in [1.82, 2.24) is 9.78 Å². The number of hydrogen-bond acceptors (Lipinski definition) is 7. The van der Waals surface area contributed by atoms with Crippen molar-refractivity contribution in [3.63, 3.8) is 0 Å². The van der Waals surface area contributed by atoms with Crippen LogP contribution < -0.4 is 16.0 Å². The van der Waals surface area contributed by atoms with Crippen LogP contribution in [-0.2, 0) is 11.8 Å². The van der Waals surface area contributed by atoms with E-state index in [9.17, 15) is 14.9 Å². The van der Waals surface area contributed by atoms with E-state index in [-0.39, 0.29) is 31.3 Å². The van der Waals surface area contributed by atoms with Crippen LogP contribution in [0.4, 0.5) is 22.9 Å². The van der Waals surface area contributed by atoms with Gasteiger partial charge >= 0.3 is 0 Å². The molecule has 1 amide bonds. The van der Waals surface area contributed by atoms with Gasteiger partial charge in [-0.15, -0.1) is 0 Å². The van der Waals surface area contributed by atoms with Crippen LogP contribution in [0.15, 0.2) is 24.3 Å². The minimum absolute atomic E-state index is 0.0841. The third-order valence-electron chi connectivity index (χ3n) is 3.35. The van der Waals surface area contributed by atoms with E-state index in [0.29, 0.717) is 17.2 Å². The summed E-state index contributed by atoms with van der Waals surface area (Å²) >= 11 is 0. The van der Waals surface area contributed by atoms with Crippen molar-refractivity contribution in [2.75, 3.05) is 35.6 Å². The summed E-state index contributed by atoms with van der Waals surface area (Å²) in [6.45, 7) is 1.93. The number of amides is 1. The lowest BCUT2D eigenvalue weighted by molar-refractivity contribution is -0.384. The lowest BCUT2D eigenvalue weighted by Crippen LogP contribution is -2.23. The molecule has 0 saturated heterocycles. The first-order valence-electron chi connectivity index (χ1n) is 7.58. The van der Waals surface area contributed by atoms with Gasteiger partial charge in [0.15, 0.2) is 0 Å². The molecule has 0 saturated carbocycles. The molecule has 0 aliphatic rings. The predicted molar refractivity (Wildman–Crippen MR) is 93.7 cm³/mol. The Morgan fingerprint density at radius 2 is 2.08 bits per heavy atom. The topological polar surface area (TPSA) is 134 Å². The van der Waals surface area contributed by atoms with Gasteiger partial charge in [0.25, 0.3) is 5.69 Å². The van der Waals surface area contributed by atoms with E-state index in [1.807, 2.05) is 6.92 Å². The van der Waals surface area contributed by atoms with Crippen molar-refractivity contribution in [2.24, 2.45) is 7.05 Å². The molecule has 1 heterocycles. The molecular weight excluding hydrogens is 328 g/mol. The fourth-order valence-electron chi connectivity index (χ4n) is 2.23. The maximum atomic E-state index is 12.1. The molecule has 0 spiro atoms. The number of hydrogen-bond donors (Lipinski definition) is 4. The van der Waals surface area contributed by atoms with Crippen molar-refractivity contribution >= 4 is 28.8 Å². The highest BCUT2D eigenvalue weighted by molar-refractivity contribution is 5.93. The number of carbonyl (C=O) groups is 1. The average molecular weight is 348 g/mol. The van der Waals surface area contributed by atoms with E-state index in [0.717, 1.165) is 5.69 Å². The molecule has 134 valence electrons. The van der Waals surface area contributed by atoms with Crippen LogP contribution in [0.1, 0.15) is 5.69 Å². The third kappa shape index (κ3) is 4.91. The average Bonchev–Trinajstić information content (AvgIpc) is 2.88. The smallest absolute Gasteiger partial charge is 0.271 e. The number of nitrogens with one attached hydrogen (secondary N) is 3. The summed E-state index contributed by atoms with van der Waals surface area (Å²) in [5.41, 5.74) is 1.64. The molecule has 2 rings (SSSR count). The Morgan fingerprint density at radius 1 is 1.32 bits per heavy atom. The number of rotatable bonds is 8. The molecule has 0 bridgehead atoms. The lowest BCUT2D eigenvalue weighted by atomic mass is 10.2. The van der Waals surface area contributed by atoms with Gasteiger partial charge in [0.2, 0.25) is 5.91 Å². The van der Waals surface area contributed by atoms with E-state index < -0.39 is 4.92 Å². The molecule has 1 aromatic carbocycles. The number of anilines is 3. The van der Waals surface area contributed by atoms with Crippen molar-refractivity contribution < 1.29 is 14.8 Å². The van der Waals surface area contributed by atoms with Crippen LogP contribution in [0.2, 0.25) is 0 Å². The Kier molecular flexibility index (Phi) is 5.90. The number of aliphatic hydroxyl groups excluding tert-OH is 1. The Bertz CT molecular complexity index is 773. The van der Waals surface area contributed by atoms with Crippen molar-refractivity contribution in [3.8, 4) is 0 Å². The van der Waals surface area contributed by atoms with Crippen molar-refractivity contribution in [1.29, 1.82) is 0 Å². The second-order valence-corrected chi connectivity index (χ2v) is 5.33. The highest BCUT2D eigenvalue weighted by Gasteiger charge is 2.12. The fourth-order valence-corrected chi connectivity index (χ4v) is 2.23. The second-order valence-electron chi connectivity index (χ2n) is 5.33. The molecule has 0 aliphatic heterocycles. The van der Waals surface area contributed by atoms with Crippen LogP contribution in [-0.4, -0.2) is 45.4 Å². The number of nitro groups is 1. The van der Waals surface area contributed by atoms with E-state index >= 15 is 0 Å². The third-order valence-corrected chi connectivity index (χ3v) is 3.35. The van der Waals surface area contributed by atoms with Crippen LogP contribution in [0, 0.1) is 17.0 Å². The molecule has 0 fully saturated rings. The number of nitro benzene ring substituents is 1. The van der Waals surface area contributed by atoms with Crippen molar-refractivity contribution in [2.45, 2.75) is 6.92 Å². The predicted octanol–water partition coefficient (Wildman–Crippen LogP) is 1.09. The molecule has 0 atom stereocenters. The highest BCUT2D eigenvalue weighted by atomic mass is 16.6. The number of aryl methyl sites for hydroxylation is 2. The Balaban J connectivity index is 2.06. The zero-order valence-electron chi connectivity index (χ0n) is 13.9. The quantitative estimate of drug-likeness (QED) is 0.414. The number of aliphatic hydroxyl groups is 1. The number of aromatic nitrogens is 2. The van der Waals surface area contributed by atoms with E-state index in [4.69, 9.17) is 5.11 Å². The summed E-state index contributed by atoms with van der Waals surface area (Å²) in [7, 11) is 1.72. The zero-order chi connectivity index (χ0) is 18.4. The Hall–Kier alpha value is -3.14. The number of benzene rings is 1. The fraction of sp³-hybridized carbons (Fsp3) is 0.333. The minimum Gasteiger partial charge on any atom is -0.395 e. The molecule has 2 aromatic rings. The van der Waals surface area contributed by atoms with Gasteiger partial charge < -0.3 is 21.1 Å². The SMILES string of the molecule is Cc1cc(NC(=O)CNc2cc([N+](=O)[O-])ccc2NCCO)n(C)n1. The number of carbonyl (C=O) groups excluding carboxylic acids is 1. The molecule has 0 aliphatic carbocycles. The van der Waals surface area contributed by atoms with E-state index in [2.05, 4.69) is 21.0 Å². The van der Waals surface area contributed by atoms with Crippen LogP contribution >= 0.6 is 0 Å². The van der Waals surface area contributed by atoms with Gasteiger partial charge in [0.05, 0.1) is 35.1 Å². The first kappa shape index (κ1) is 18.2. The molecule has 0 radical (unpaired) electrons. The van der Waals surface area contributed by atoms with Crippen molar-refractivity contribution in [3.05, 3.63) is 40.1 Å². The van der Waals surface area contributed by atoms with E-state index in [1.54, 1.807) is 17.8 Å². The summed E-state index contributed by atoms with van der Waals surface area (Å²) in [6.07, 6.45) is 0. The molecular formula is C15H20N6O4. The number of nitrogens with zero attached hydrogens (tertiary/aromatic N) is 3. The lowest BCUT2D eigenvalue weighted by Gasteiger charge is -2.13. The molecule has 4 N–H and O–H groups in total. The van der Waals surface area contributed by atoms with Crippen LogP contribution in [0.25, 0.3) is 0 Å². The summed E-state index contributed by atoms with van der Waals surface area (Å²) in [4.78, 5) is 22.5. The standard InChI is InChI=1S/C15H20N6O4/c1-10-7-14(20(2)19-10)18-15(23)9-17-13-8-11(21(24)25)3-4-12(13)16-5-6-22/h3-4,7-8,16-17,22H,5-6,9H2,1-2H3,(H,18,23). The van der Waals surface area contributed by atoms with Gasteiger partial charge in [-0.05, 0) is 13.0 Å². The Labute approximate surface area is 144 Å².